The minimum absolute atomic E-state index is 0.156. The van der Waals surface area contributed by atoms with E-state index < -0.39 is 23.6 Å². The number of nitrogens with one attached hydrogen (secondary N) is 1. The van der Waals surface area contributed by atoms with E-state index in [9.17, 15) is 23.9 Å². The summed E-state index contributed by atoms with van der Waals surface area (Å²) >= 11 is 0. The van der Waals surface area contributed by atoms with Crippen molar-refractivity contribution in [2.24, 2.45) is 5.10 Å². The molecular formula is C15H16FN3O4. The zero-order chi connectivity index (χ0) is 17.0. The van der Waals surface area contributed by atoms with Crippen molar-refractivity contribution in [3.8, 4) is 0 Å². The Kier molecular flexibility index (Phi) is 5.05. The number of carboxylic acid groups (broad SMARTS) is 1. The first kappa shape index (κ1) is 16.6. The van der Waals surface area contributed by atoms with Crippen LogP contribution >= 0.6 is 0 Å². The Hall–Kier alpha value is -2.77. The van der Waals surface area contributed by atoms with Crippen LogP contribution in [0.25, 0.3) is 0 Å². The van der Waals surface area contributed by atoms with Crippen LogP contribution in [0.15, 0.2) is 29.4 Å². The number of amides is 2. The molecule has 0 bridgehead atoms. The third-order valence-electron chi connectivity index (χ3n) is 3.51. The van der Waals surface area contributed by atoms with Crippen molar-refractivity contribution in [3.63, 3.8) is 0 Å². The predicted octanol–water partition coefficient (Wildman–Crippen LogP) is 0.718. The molecular weight excluding hydrogens is 305 g/mol. The summed E-state index contributed by atoms with van der Waals surface area (Å²) in [6.45, 7) is -0.156. The molecule has 0 radical (unpaired) electrons. The third kappa shape index (κ3) is 4.12. The molecule has 0 spiro atoms. The van der Waals surface area contributed by atoms with Crippen molar-refractivity contribution in [1.29, 1.82) is 0 Å². The molecule has 1 aromatic rings. The molecule has 1 atom stereocenters. The molecule has 1 heterocycles. The fourth-order valence-corrected chi connectivity index (χ4v) is 2.17. The average Bonchev–Trinajstić information content (AvgIpc) is 2.51. The van der Waals surface area contributed by atoms with Crippen LogP contribution in [0.3, 0.4) is 0 Å². The second-order valence-electron chi connectivity index (χ2n) is 5.12. The first-order valence-corrected chi connectivity index (χ1v) is 6.99. The van der Waals surface area contributed by atoms with Gasteiger partial charge >= 0.3 is 5.97 Å². The highest BCUT2D eigenvalue weighted by Crippen LogP contribution is 2.16. The van der Waals surface area contributed by atoms with Crippen LogP contribution in [0.5, 0.6) is 0 Å². The summed E-state index contributed by atoms with van der Waals surface area (Å²) in [6, 6.07) is 5.06. The molecule has 1 aromatic carbocycles. The fraction of sp³-hybridized carbons (Fsp3) is 0.333. The van der Waals surface area contributed by atoms with Crippen LogP contribution in [0, 0.1) is 5.82 Å². The monoisotopic (exact) mass is 321 g/mol. The maximum atomic E-state index is 12.9. The van der Waals surface area contributed by atoms with E-state index in [0.29, 0.717) is 5.56 Å². The maximum absolute atomic E-state index is 12.9. The van der Waals surface area contributed by atoms with E-state index >= 15 is 0 Å². The Bertz CT molecular complexity index is 657. The van der Waals surface area contributed by atoms with Gasteiger partial charge in [-0.1, -0.05) is 12.1 Å². The minimum Gasteiger partial charge on any atom is -0.481 e. The lowest BCUT2D eigenvalue weighted by atomic mass is 9.99. The lowest BCUT2D eigenvalue weighted by Crippen LogP contribution is -2.40. The number of hydrazone groups is 1. The number of carbonyl (C=O) groups excluding carboxylic acids is 2. The molecule has 23 heavy (non-hydrogen) atoms. The largest absolute Gasteiger partial charge is 0.481 e. The zero-order valence-electron chi connectivity index (χ0n) is 12.5. The highest BCUT2D eigenvalue weighted by Gasteiger charge is 2.25. The number of aliphatic carboxylic acids is 1. The minimum atomic E-state index is -1.13. The van der Waals surface area contributed by atoms with Crippen molar-refractivity contribution in [2.75, 3.05) is 13.6 Å². The first-order valence-electron chi connectivity index (χ1n) is 6.99. The predicted molar refractivity (Wildman–Crippen MR) is 79.2 cm³/mol. The number of rotatable bonds is 5. The normalized spacial score (nSPS) is 15.8. The number of halogens is 1. The van der Waals surface area contributed by atoms with Crippen LogP contribution in [-0.2, 0) is 14.4 Å². The summed E-state index contributed by atoms with van der Waals surface area (Å²) < 4.78 is 12.9. The van der Waals surface area contributed by atoms with E-state index in [1.165, 1.54) is 31.3 Å². The molecule has 0 fully saturated rings. The van der Waals surface area contributed by atoms with E-state index in [2.05, 4.69) is 10.4 Å². The smallest absolute Gasteiger partial charge is 0.312 e. The van der Waals surface area contributed by atoms with Gasteiger partial charge in [-0.3, -0.25) is 14.4 Å². The molecule has 0 aromatic heterocycles. The quantitative estimate of drug-likeness (QED) is 0.834. The Labute approximate surface area is 131 Å². The van der Waals surface area contributed by atoms with Gasteiger partial charge in [0.1, 0.15) is 11.5 Å². The van der Waals surface area contributed by atoms with Crippen LogP contribution < -0.4 is 5.32 Å². The fourth-order valence-electron chi connectivity index (χ4n) is 2.17. The summed E-state index contributed by atoms with van der Waals surface area (Å²) in [5.41, 5.74) is 0.562. The van der Waals surface area contributed by atoms with Crippen LogP contribution in [-0.4, -0.2) is 47.2 Å². The molecule has 2 N–H and O–H groups in total. The van der Waals surface area contributed by atoms with Crippen LogP contribution in [0.1, 0.15) is 24.3 Å². The highest BCUT2D eigenvalue weighted by atomic mass is 19.1. The second-order valence-corrected chi connectivity index (χ2v) is 5.12. The third-order valence-corrected chi connectivity index (χ3v) is 3.51. The first-order chi connectivity index (χ1) is 10.9. The van der Waals surface area contributed by atoms with Gasteiger partial charge in [0.15, 0.2) is 0 Å². The van der Waals surface area contributed by atoms with E-state index in [1.54, 1.807) is 0 Å². The topological polar surface area (TPSA) is 99.1 Å². The number of benzene rings is 1. The van der Waals surface area contributed by atoms with Gasteiger partial charge in [-0.05, 0) is 17.7 Å². The number of hydrogen-bond donors (Lipinski definition) is 2. The van der Waals surface area contributed by atoms with Gasteiger partial charge in [0.2, 0.25) is 5.91 Å². The van der Waals surface area contributed by atoms with Gasteiger partial charge in [-0.15, -0.1) is 0 Å². The summed E-state index contributed by atoms with van der Waals surface area (Å²) in [4.78, 5) is 34.7. The van der Waals surface area contributed by atoms with E-state index in [-0.39, 0.29) is 31.0 Å². The molecule has 2 rings (SSSR count). The van der Waals surface area contributed by atoms with E-state index in [1.807, 2.05) is 0 Å². The number of carboxylic acids is 1. The Morgan fingerprint density at radius 3 is 2.57 bits per heavy atom. The van der Waals surface area contributed by atoms with Gasteiger partial charge in [-0.2, -0.15) is 5.10 Å². The van der Waals surface area contributed by atoms with Crippen LogP contribution in [0.2, 0.25) is 0 Å². The highest BCUT2D eigenvalue weighted by molar-refractivity contribution is 6.39. The van der Waals surface area contributed by atoms with Gasteiger partial charge in [0.25, 0.3) is 5.91 Å². The van der Waals surface area contributed by atoms with Crippen LogP contribution in [0.4, 0.5) is 4.39 Å². The molecule has 1 aliphatic heterocycles. The van der Waals surface area contributed by atoms with E-state index in [0.717, 1.165) is 5.01 Å². The number of carbonyl (C=O) groups is 3. The summed E-state index contributed by atoms with van der Waals surface area (Å²) in [5, 5.41) is 16.7. The molecule has 1 unspecified atom stereocenters. The average molecular weight is 321 g/mol. The number of nitrogens with zero attached hydrogens (tertiary/aromatic N) is 2. The Morgan fingerprint density at radius 2 is 2.00 bits per heavy atom. The lowest BCUT2D eigenvalue weighted by molar-refractivity contribution is -0.138. The van der Waals surface area contributed by atoms with Crippen molar-refractivity contribution < 1.29 is 23.9 Å². The van der Waals surface area contributed by atoms with Crippen molar-refractivity contribution in [3.05, 3.63) is 35.6 Å². The van der Waals surface area contributed by atoms with E-state index in [4.69, 9.17) is 0 Å². The molecule has 7 nitrogen and oxygen atoms in total. The lowest BCUT2D eigenvalue weighted by Gasteiger charge is -2.20. The van der Waals surface area contributed by atoms with Gasteiger partial charge in [0, 0.05) is 26.4 Å². The van der Waals surface area contributed by atoms with Crippen molar-refractivity contribution in [2.45, 2.75) is 18.8 Å². The van der Waals surface area contributed by atoms with Gasteiger partial charge in [-0.25, -0.2) is 9.40 Å². The molecule has 2 amide bonds. The molecule has 0 saturated heterocycles. The second kappa shape index (κ2) is 6.99. The van der Waals surface area contributed by atoms with Gasteiger partial charge in [0.05, 0.1) is 5.92 Å². The SMILES string of the molecule is CN1N=C(C(=O)NCC(C(=O)O)c2ccc(F)cc2)CCC1=O. The Balaban J connectivity index is 2.03. The maximum Gasteiger partial charge on any atom is 0.312 e. The van der Waals surface area contributed by atoms with Crippen molar-refractivity contribution in [1.82, 2.24) is 10.3 Å². The van der Waals surface area contributed by atoms with Gasteiger partial charge < -0.3 is 10.4 Å². The molecule has 0 aliphatic carbocycles. The molecule has 8 heteroatoms. The Morgan fingerprint density at radius 1 is 1.35 bits per heavy atom. The number of hydrogen-bond acceptors (Lipinski definition) is 4. The molecule has 0 saturated carbocycles. The molecule has 122 valence electrons. The summed E-state index contributed by atoms with van der Waals surface area (Å²) in [7, 11) is 1.45. The zero-order valence-corrected chi connectivity index (χ0v) is 12.5. The van der Waals surface area contributed by atoms with Crippen molar-refractivity contribution >= 4 is 23.5 Å². The standard InChI is InChI=1S/C15H16FN3O4/c1-19-13(20)7-6-12(18-19)14(21)17-8-11(15(22)23)9-2-4-10(16)5-3-9/h2-5,11H,6-8H2,1H3,(H,17,21)(H,22,23). The molecule has 1 aliphatic rings. The summed E-state index contributed by atoms with van der Waals surface area (Å²) in [6.07, 6.45) is 0.395. The summed E-state index contributed by atoms with van der Waals surface area (Å²) in [5.74, 6) is -3.29.